The number of allylic oxidation sites excluding steroid dienone is 2. The third kappa shape index (κ3) is 9.17. The molecule has 0 saturated heterocycles. The first-order chi connectivity index (χ1) is 7.95. The molecule has 5 heteroatoms. The van der Waals surface area contributed by atoms with Crippen molar-refractivity contribution in [1.29, 1.82) is 0 Å². The molecule has 0 bridgehead atoms. The summed E-state index contributed by atoms with van der Waals surface area (Å²) in [6.45, 7) is 5.63. The van der Waals surface area contributed by atoms with E-state index in [-0.39, 0.29) is 6.61 Å². The van der Waals surface area contributed by atoms with Gasteiger partial charge in [-0.25, -0.2) is 4.79 Å². The van der Waals surface area contributed by atoms with Crippen LogP contribution in [0.1, 0.15) is 20.8 Å². The maximum absolute atomic E-state index is 11.1. The van der Waals surface area contributed by atoms with Crippen molar-refractivity contribution in [3.05, 3.63) is 23.8 Å². The second kappa shape index (κ2) is 8.38. The summed E-state index contributed by atoms with van der Waals surface area (Å²) in [5.74, 6) is -0.682. The molecule has 0 rings (SSSR count). The second-order valence-corrected chi connectivity index (χ2v) is 3.79. The molecule has 0 atom stereocenters. The van der Waals surface area contributed by atoms with Crippen molar-refractivity contribution >= 4 is 12.1 Å². The molecule has 0 aliphatic rings. The molecule has 0 aromatic carbocycles. The summed E-state index contributed by atoms with van der Waals surface area (Å²) >= 11 is 0. The Morgan fingerprint density at radius 1 is 1.41 bits per heavy atom. The van der Waals surface area contributed by atoms with Gasteiger partial charge in [0.2, 0.25) is 0 Å². The molecular formula is C12H19NO4. The van der Waals surface area contributed by atoms with Crippen LogP contribution in [0.2, 0.25) is 0 Å². The number of hydrogen-bond donors (Lipinski definition) is 2. The van der Waals surface area contributed by atoms with E-state index in [4.69, 9.17) is 9.84 Å². The Morgan fingerprint density at radius 2 is 2.06 bits per heavy atom. The first-order valence-electron chi connectivity index (χ1n) is 5.41. The van der Waals surface area contributed by atoms with Crippen LogP contribution in [0, 0.1) is 5.92 Å². The van der Waals surface area contributed by atoms with Crippen LogP contribution in [-0.2, 0) is 9.53 Å². The number of alkyl carbamates (subject to hydrolysis) is 1. The Bertz CT molecular complexity index is 318. The van der Waals surface area contributed by atoms with Gasteiger partial charge in [-0.2, -0.15) is 0 Å². The van der Waals surface area contributed by atoms with Gasteiger partial charge in [-0.05, 0) is 18.4 Å². The zero-order valence-electron chi connectivity index (χ0n) is 10.4. The van der Waals surface area contributed by atoms with Crippen LogP contribution >= 0.6 is 0 Å². The highest BCUT2D eigenvalue weighted by Crippen LogP contribution is 2.02. The van der Waals surface area contributed by atoms with Crippen molar-refractivity contribution in [3.63, 3.8) is 0 Å². The number of hydrogen-bond acceptors (Lipinski definition) is 3. The minimum Gasteiger partial charge on any atom is -0.480 e. The number of carbonyl (C=O) groups excluding carboxylic acids is 1. The van der Waals surface area contributed by atoms with Crippen LogP contribution < -0.4 is 5.32 Å². The van der Waals surface area contributed by atoms with Gasteiger partial charge in [0.15, 0.2) is 0 Å². The topological polar surface area (TPSA) is 75.6 Å². The molecule has 2 N–H and O–H groups in total. The van der Waals surface area contributed by atoms with E-state index in [0.717, 1.165) is 5.57 Å². The monoisotopic (exact) mass is 241 g/mol. The zero-order valence-corrected chi connectivity index (χ0v) is 10.4. The highest BCUT2D eigenvalue weighted by molar-refractivity contribution is 5.76. The third-order valence-electron chi connectivity index (χ3n) is 1.82. The van der Waals surface area contributed by atoms with Gasteiger partial charge in [0.25, 0.3) is 0 Å². The van der Waals surface area contributed by atoms with E-state index in [1.54, 1.807) is 0 Å². The molecule has 0 aliphatic heterocycles. The number of rotatable bonds is 6. The molecule has 0 radical (unpaired) electrons. The lowest BCUT2D eigenvalue weighted by Crippen LogP contribution is -2.30. The summed E-state index contributed by atoms with van der Waals surface area (Å²) < 4.78 is 4.84. The molecule has 0 aromatic rings. The van der Waals surface area contributed by atoms with E-state index < -0.39 is 18.6 Å². The van der Waals surface area contributed by atoms with Crippen molar-refractivity contribution in [2.75, 3.05) is 13.2 Å². The van der Waals surface area contributed by atoms with Gasteiger partial charge in [-0.15, -0.1) is 0 Å². The average Bonchev–Trinajstić information content (AvgIpc) is 2.26. The standard InChI is InChI=1S/C12H19NO4/c1-4-10(6-5-9(2)3)8-17-12(16)13-7-11(14)15/h4-6,9H,7-8H2,1-3H3,(H,13,16)(H,14,15)/b6-5-,10-4+. The summed E-state index contributed by atoms with van der Waals surface area (Å²) in [6, 6.07) is 0. The maximum atomic E-state index is 11.1. The second-order valence-electron chi connectivity index (χ2n) is 3.79. The first-order valence-corrected chi connectivity index (χ1v) is 5.41. The molecule has 0 unspecified atom stereocenters. The predicted molar refractivity (Wildman–Crippen MR) is 64.7 cm³/mol. The number of amides is 1. The molecule has 0 spiro atoms. The van der Waals surface area contributed by atoms with Gasteiger partial charge >= 0.3 is 12.1 Å². The Labute approximate surface area is 101 Å². The van der Waals surface area contributed by atoms with E-state index in [9.17, 15) is 9.59 Å². The summed E-state index contributed by atoms with van der Waals surface area (Å²) in [5, 5.41) is 10.5. The fraction of sp³-hybridized carbons (Fsp3) is 0.500. The molecule has 0 heterocycles. The molecular weight excluding hydrogens is 222 g/mol. The lowest BCUT2D eigenvalue weighted by atomic mass is 10.1. The summed E-state index contributed by atoms with van der Waals surface area (Å²) in [5.41, 5.74) is 0.865. The number of carboxylic acids is 1. The molecule has 0 saturated carbocycles. The molecule has 96 valence electrons. The van der Waals surface area contributed by atoms with E-state index in [2.05, 4.69) is 5.32 Å². The molecule has 5 nitrogen and oxygen atoms in total. The van der Waals surface area contributed by atoms with Crippen LogP contribution in [-0.4, -0.2) is 30.3 Å². The van der Waals surface area contributed by atoms with Crippen LogP contribution in [0.25, 0.3) is 0 Å². The van der Waals surface area contributed by atoms with E-state index >= 15 is 0 Å². The van der Waals surface area contributed by atoms with Crippen LogP contribution in [0.5, 0.6) is 0 Å². The fourth-order valence-electron chi connectivity index (χ4n) is 0.891. The van der Waals surface area contributed by atoms with Gasteiger partial charge < -0.3 is 15.2 Å². The van der Waals surface area contributed by atoms with E-state index in [1.165, 1.54) is 0 Å². The minimum atomic E-state index is -1.10. The van der Waals surface area contributed by atoms with Gasteiger partial charge in [-0.1, -0.05) is 32.1 Å². The Hall–Kier alpha value is -1.78. The molecule has 0 aromatic heterocycles. The van der Waals surface area contributed by atoms with Crippen LogP contribution in [0.4, 0.5) is 4.79 Å². The van der Waals surface area contributed by atoms with Crippen molar-refractivity contribution in [1.82, 2.24) is 5.32 Å². The lowest BCUT2D eigenvalue weighted by molar-refractivity contribution is -0.135. The van der Waals surface area contributed by atoms with Crippen LogP contribution in [0.15, 0.2) is 23.8 Å². The van der Waals surface area contributed by atoms with E-state index in [1.807, 2.05) is 39.0 Å². The number of carboxylic acid groups (broad SMARTS) is 1. The largest absolute Gasteiger partial charge is 0.480 e. The van der Waals surface area contributed by atoms with Gasteiger partial charge in [0.1, 0.15) is 13.2 Å². The Kier molecular flexibility index (Phi) is 7.50. The molecule has 17 heavy (non-hydrogen) atoms. The van der Waals surface area contributed by atoms with Crippen molar-refractivity contribution in [2.45, 2.75) is 20.8 Å². The summed E-state index contributed by atoms with van der Waals surface area (Å²) in [4.78, 5) is 21.2. The average molecular weight is 241 g/mol. The minimum absolute atomic E-state index is 0.130. The van der Waals surface area contributed by atoms with Crippen LogP contribution in [0.3, 0.4) is 0 Å². The zero-order chi connectivity index (χ0) is 13.3. The SMILES string of the molecule is C/C=C(\C=C/C(C)C)COC(=O)NCC(=O)O. The molecule has 1 amide bonds. The quantitative estimate of drug-likeness (QED) is 0.697. The third-order valence-corrected chi connectivity index (χ3v) is 1.82. The number of aliphatic carboxylic acids is 1. The van der Waals surface area contributed by atoms with Gasteiger partial charge in [0.05, 0.1) is 0 Å². The Balaban J connectivity index is 3.99. The fourth-order valence-corrected chi connectivity index (χ4v) is 0.891. The first kappa shape index (κ1) is 15.2. The number of carbonyl (C=O) groups is 2. The van der Waals surface area contributed by atoms with Gasteiger partial charge in [0, 0.05) is 0 Å². The van der Waals surface area contributed by atoms with Crippen molar-refractivity contribution in [2.24, 2.45) is 5.92 Å². The molecule has 0 fully saturated rings. The van der Waals surface area contributed by atoms with Gasteiger partial charge in [-0.3, -0.25) is 4.79 Å². The normalized spacial score (nSPS) is 11.9. The molecule has 0 aliphatic carbocycles. The predicted octanol–water partition coefficient (Wildman–Crippen LogP) is 1.96. The number of nitrogens with one attached hydrogen (secondary N) is 1. The Morgan fingerprint density at radius 3 is 2.53 bits per heavy atom. The van der Waals surface area contributed by atoms with Crippen molar-refractivity contribution < 1.29 is 19.4 Å². The van der Waals surface area contributed by atoms with Crippen molar-refractivity contribution in [3.8, 4) is 0 Å². The highest BCUT2D eigenvalue weighted by atomic mass is 16.5. The summed E-state index contributed by atoms with van der Waals surface area (Å²) in [6.07, 6.45) is 4.98. The number of ether oxygens (including phenoxy) is 1. The summed E-state index contributed by atoms with van der Waals surface area (Å²) in [7, 11) is 0. The van der Waals surface area contributed by atoms with E-state index in [0.29, 0.717) is 5.92 Å². The highest BCUT2D eigenvalue weighted by Gasteiger charge is 2.04. The smallest absolute Gasteiger partial charge is 0.407 e. The lowest BCUT2D eigenvalue weighted by Gasteiger charge is -2.06. The maximum Gasteiger partial charge on any atom is 0.407 e.